The van der Waals surface area contributed by atoms with Crippen LogP contribution in [0.2, 0.25) is 10.0 Å². The fourth-order valence-electron chi connectivity index (χ4n) is 4.78. The summed E-state index contributed by atoms with van der Waals surface area (Å²) in [5, 5.41) is 9.60. The highest BCUT2D eigenvalue weighted by Crippen LogP contribution is 2.46. The van der Waals surface area contributed by atoms with E-state index in [1.54, 1.807) is 14.2 Å². The van der Waals surface area contributed by atoms with Gasteiger partial charge in [-0.2, -0.15) is 0 Å². The van der Waals surface area contributed by atoms with Crippen molar-refractivity contribution in [3.63, 3.8) is 0 Å². The number of hydrogen-bond donors (Lipinski definition) is 1. The van der Waals surface area contributed by atoms with Gasteiger partial charge in [0.1, 0.15) is 17.5 Å². The molecule has 2 atom stereocenters. The lowest BCUT2D eigenvalue weighted by molar-refractivity contribution is 0.000356. The maximum Gasteiger partial charge on any atom is 0.150 e. The van der Waals surface area contributed by atoms with Crippen molar-refractivity contribution >= 4 is 29.0 Å². The molecule has 5 rings (SSSR count). The first-order chi connectivity index (χ1) is 17.1. The second-order valence-electron chi connectivity index (χ2n) is 8.56. The summed E-state index contributed by atoms with van der Waals surface area (Å²) in [4.78, 5) is 5.34. The first-order valence-corrected chi connectivity index (χ1v) is 12.4. The van der Waals surface area contributed by atoms with E-state index in [1.165, 1.54) is 0 Å². The molecule has 2 aliphatic rings. The van der Waals surface area contributed by atoms with Gasteiger partial charge in [-0.3, -0.25) is 10.0 Å². The molecule has 0 saturated carbocycles. The maximum absolute atomic E-state index is 6.26. The molecule has 3 aromatic carbocycles. The first kappa shape index (κ1) is 23.9. The van der Waals surface area contributed by atoms with Gasteiger partial charge in [-0.15, -0.1) is 0 Å². The molecule has 0 aliphatic carbocycles. The second kappa shape index (κ2) is 10.5. The van der Waals surface area contributed by atoms with Gasteiger partial charge < -0.3 is 14.8 Å². The molecule has 6 nitrogen and oxygen atoms in total. The van der Waals surface area contributed by atoms with Crippen LogP contribution in [0.15, 0.2) is 71.7 Å². The predicted molar refractivity (Wildman–Crippen MR) is 141 cm³/mol. The molecule has 35 heavy (non-hydrogen) atoms. The van der Waals surface area contributed by atoms with E-state index in [2.05, 4.69) is 39.6 Å². The van der Waals surface area contributed by atoms with Gasteiger partial charge in [0.05, 0.1) is 25.8 Å². The highest BCUT2D eigenvalue weighted by molar-refractivity contribution is 6.30. The van der Waals surface area contributed by atoms with E-state index in [9.17, 15) is 0 Å². The van der Waals surface area contributed by atoms with Crippen LogP contribution in [0.1, 0.15) is 28.8 Å². The van der Waals surface area contributed by atoms with Gasteiger partial charge in [-0.1, -0.05) is 47.5 Å². The lowest BCUT2D eigenvalue weighted by Gasteiger charge is -2.42. The second-order valence-corrected chi connectivity index (χ2v) is 9.43. The van der Waals surface area contributed by atoms with Crippen LogP contribution in [-0.2, 0) is 0 Å². The minimum atomic E-state index is -0.148. The lowest BCUT2D eigenvalue weighted by atomic mass is 9.94. The summed E-state index contributed by atoms with van der Waals surface area (Å²) >= 11 is 12.5. The summed E-state index contributed by atoms with van der Waals surface area (Å²) in [6.07, 6.45) is 0. The van der Waals surface area contributed by atoms with E-state index in [4.69, 9.17) is 37.7 Å². The molecule has 0 amide bonds. The fraction of sp³-hybridized carbons (Fsp3) is 0.296. The summed E-state index contributed by atoms with van der Waals surface area (Å²) in [5.41, 5.74) is 3.15. The molecule has 0 spiro atoms. The van der Waals surface area contributed by atoms with Crippen molar-refractivity contribution < 1.29 is 9.47 Å². The summed E-state index contributed by atoms with van der Waals surface area (Å²) in [5.74, 6) is 2.32. The van der Waals surface area contributed by atoms with E-state index in [1.807, 2.05) is 42.5 Å². The molecule has 2 aliphatic heterocycles. The number of hydrazine groups is 1. The van der Waals surface area contributed by atoms with Crippen LogP contribution in [0, 0.1) is 0 Å². The number of aliphatic imine (C=N–C) groups is 1. The van der Waals surface area contributed by atoms with Crippen LogP contribution in [0.5, 0.6) is 11.5 Å². The number of halogens is 2. The van der Waals surface area contributed by atoms with Gasteiger partial charge in [0.2, 0.25) is 0 Å². The minimum absolute atomic E-state index is 0.0617. The van der Waals surface area contributed by atoms with Gasteiger partial charge >= 0.3 is 0 Å². The molecular weight excluding hydrogens is 483 g/mol. The fourth-order valence-corrected chi connectivity index (χ4v) is 5.03. The van der Waals surface area contributed by atoms with Crippen molar-refractivity contribution in [1.29, 1.82) is 0 Å². The average Bonchev–Trinajstić information content (AvgIpc) is 3.30. The third-order valence-electron chi connectivity index (χ3n) is 6.51. The first-order valence-electron chi connectivity index (χ1n) is 11.6. The third-order valence-corrected chi connectivity index (χ3v) is 7.02. The van der Waals surface area contributed by atoms with Crippen molar-refractivity contribution in [3.05, 3.63) is 93.5 Å². The van der Waals surface area contributed by atoms with Gasteiger partial charge in [-0.05, 0) is 47.5 Å². The summed E-state index contributed by atoms with van der Waals surface area (Å²) in [7, 11) is 3.33. The third kappa shape index (κ3) is 4.84. The van der Waals surface area contributed by atoms with Crippen molar-refractivity contribution in [2.45, 2.75) is 12.1 Å². The Labute approximate surface area is 216 Å². The zero-order valence-corrected chi connectivity index (χ0v) is 21.3. The van der Waals surface area contributed by atoms with Gasteiger partial charge in [0, 0.05) is 42.3 Å². The number of amidine groups is 1. The standard InChI is InChI=1S/C27H28Cl2N4O2/c1-34-22-11-12-23(24(17-22)35-2)27-31-25(18-3-7-20(28)8-4-18)26(19-5-9-21(29)10-6-19)33(27)32-15-13-30-14-16-32/h3-12,17,25-26,30H,13-16H2,1-2H3. The normalized spacial score (nSPS) is 20.6. The largest absolute Gasteiger partial charge is 0.497 e. The van der Waals surface area contributed by atoms with E-state index in [0.29, 0.717) is 10.0 Å². The zero-order valence-electron chi connectivity index (χ0n) is 19.7. The minimum Gasteiger partial charge on any atom is -0.497 e. The molecule has 0 radical (unpaired) electrons. The van der Waals surface area contributed by atoms with Crippen molar-refractivity contribution in [1.82, 2.24) is 15.3 Å². The molecule has 8 heteroatoms. The quantitative estimate of drug-likeness (QED) is 0.482. The van der Waals surface area contributed by atoms with E-state index >= 15 is 0 Å². The molecule has 1 saturated heterocycles. The van der Waals surface area contributed by atoms with Gasteiger partial charge in [0.25, 0.3) is 0 Å². The van der Waals surface area contributed by atoms with Crippen molar-refractivity contribution in [3.8, 4) is 11.5 Å². The molecule has 0 aromatic heterocycles. The Morgan fingerprint density at radius 2 is 1.46 bits per heavy atom. The predicted octanol–water partition coefficient (Wildman–Crippen LogP) is 5.38. The average molecular weight is 511 g/mol. The van der Waals surface area contributed by atoms with E-state index in [0.717, 1.165) is 60.2 Å². The molecule has 2 unspecified atom stereocenters. The molecule has 2 heterocycles. The summed E-state index contributed by atoms with van der Waals surface area (Å²) in [6, 6.07) is 21.7. The van der Waals surface area contributed by atoms with Crippen LogP contribution in [-0.4, -0.2) is 56.3 Å². The van der Waals surface area contributed by atoms with Crippen LogP contribution < -0.4 is 14.8 Å². The highest BCUT2D eigenvalue weighted by atomic mass is 35.5. The van der Waals surface area contributed by atoms with Crippen molar-refractivity contribution in [2.75, 3.05) is 40.4 Å². The zero-order chi connectivity index (χ0) is 24.4. The number of methoxy groups -OCH3 is 2. The Balaban J connectivity index is 1.69. The Kier molecular flexibility index (Phi) is 7.16. The molecular formula is C27H28Cl2N4O2. The van der Waals surface area contributed by atoms with E-state index in [-0.39, 0.29) is 12.1 Å². The summed E-state index contributed by atoms with van der Waals surface area (Å²) in [6.45, 7) is 3.55. The number of nitrogens with zero attached hydrogens (tertiary/aromatic N) is 3. The number of rotatable bonds is 6. The highest BCUT2D eigenvalue weighted by Gasteiger charge is 2.42. The Hall–Kier alpha value is -2.77. The SMILES string of the molecule is COc1ccc(C2=NC(c3ccc(Cl)cc3)C(c3ccc(Cl)cc3)N2N2CCNCC2)c(OC)c1. The monoisotopic (exact) mass is 510 g/mol. The topological polar surface area (TPSA) is 49.3 Å². The van der Waals surface area contributed by atoms with Crippen LogP contribution >= 0.6 is 23.2 Å². The molecule has 1 N–H and O–H groups in total. The number of benzene rings is 3. The van der Waals surface area contributed by atoms with Crippen LogP contribution in [0.4, 0.5) is 0 Å². The number of piperazine rings is 1. The van der Waals surface area contributed by atoms with Gasteiger partial charge in [-0.25, -0.2) is 5.01 Å². The number of nitrogens with one attached hydrogen (secondary N) is 1. The molecule has 182 valence electrons. The van der Waals surface area contributed by atoms with E-state index < -0.39 is 0 Å². The summed E-state index contributed by atoms with van der Waals surface area (Å²) < 4.78 is 11.2. The Morgan fingerprint density at radius 3 is 2.06 bits per heavy atom. The lowest BCUT2D eigenvalue weighted by Crippen LogP contribution is -2.54. The van der Waals surface area contributed by atoms with Crippen LogP contribution in [0.25, 0.3) is 0 Å². The Morgan fingerprint density at radius 1 is 0.829 bits per heavy atom. The van der Waals surface area contributed by atoms with Crippen LogP contribution in [0.3, 0.4) is 0 Å². The maximum atomic E-state index is 6.26. The molecule has 0 bridgehead atoms. The van der Waals surface area contributed by atoms with Crippen molar-refractivity contribution in [2.24, 2.45) is 4.99 Å². The number of ether oxygens (including phenoxy) is 2. The molecule has 1 fully saturated rings. The molecule has 3 aromatic rings. The smallest absolute Gasteiger partial charge is 0.150 e. The Bertz CT molecular complexity index is 1190. The van der Waals surface area contributed by atoms with Gasteiger partial charge in [0.15, 0.2) is 5.84 Å². The number of hydrogen-bond acceptors (Lipinski definition) is 6.